The molecule has 0 N–H and O–H groups in total. The topological polar surface area (TPSA) is 23.6 Å². The van der Waals surface area contributed by atoms with Gasteiger partial charge in [0.25, 0.3) is 0 Å². The van der Waals surface area contributed by atoms with Gasteiger partial charge in [-0.1, -0.05) is 36.8 Å². The fraction of sp³-hybridized carbons (Fsp3) is 0.611. The van der Waals surface area contributed by atoms with Gasteiger partial charge in [0.15, 0.2) is 0 Å². The summed E-state index contributed by atoms with van der Waals surface area (Å²) in [5.41, 5.74) is 2.67. The van der Waals surface area contributed by atoms with Crippen LogP contribution in [0.25, 0.3) is 0 Å². The van der Waals surface area contributed by atoms with Crippen LogP contribution in [0.2, 0.25) is 0 Å². The van der Waals surface area contributed by atoms with Crippen molar-refractivity contribution in [2.24, 2.45) is 0 Å². The van der Waals surface area contributed by atoms with Crippen LogP contribution < -0.4 is 0 Å². The van der Waals surface area contributed by atoms with Crippen molar-refractivity contribution >= 4 is 5.91 Å². The van der Waals surface area contributed by atoms with Crippen molar-refractivity contribution in [3.05, 3.63) is 35.4 Å². The molecule has 3 rings (SSSR count). The zero-order valence-corrected chi connectivity index (χ0v) is 13.3. The Morgan fingerprint density at radius 3 is 2.62 bits per heavy atom. The first kappa shape index (κ1) is 14.6. The van der Waals surface area contributed by atoms with Crippen molar-refractivity contribution in [3.8, 4) is 0 Å². The van der Waals surface area contributed by atoms with E-state index in [9.17, 15) is 4.79 Å². The van der Waals surface area contributed by atoms with Gasteiger partial charge in [0, 0.05) is 31.6 Å². The number of hydrogen-bond acceptors (Lipinski definition) is 2. The molecule has 0 saturated carbocycles. The van der Waals surface area contributed by atoms with Crippen LogP contribution in [0.3, 0.4) is 0 Å². The van der Waals surface area contributed by atoms with Crippen molar-refractivity contribution in [1.29, 1.82) is 0 Å². The van der Waals surface area contributed by atoms with Gasteiger partial charge < -0.3 is 9.80 Å². The highest BCUT2D eigenvalue weighted by atomic mass is 16.2. The summed E-state index contributed by atoms with van der Waals surface area (Å²) in [5.74, 6) is 0.349. The predicted octanol–water partition coefficient (Wildman–Crippen LogP) is 2.97. The Labute approximate surface area is 127 Å². The number of hydrogen-bond donors (Lipinski definition) is 0. The van der Waals surface area contributed by atoms with E-state index in [4.69, 9.17) is 0 Å². The number of carbonyl (C=O) groups excluding carboxylic acids is 1. The highest BCUT2D eigenvalue weighted by Gasteiger charge is 2.46. The molecule has 2 heterocycles. The van der Waals surface area contributed by atoms with Gasteiger partial charge in [-0.15, -0.1) is 0 Å². The van der Waals surface area contributed by atoms with E-state index in [1.54, 1.807) is 0 Å². The van der Waals surface area contributed by atoms with E-state index in [-0.39, 0.29) is 5.54 Å². The van der Waals surface area contributed by atoms with Crippen LogP contribution in [0, 0.1) is 6.92 Å². The lowest BCUT2D eigenvalue weighted by molar-refractivity contribution is -0.133. The lowest BCUT2D eigenvalue weighted by Gasteiger charge is -2.45. The monoisotopic (exact) mass is 286 g/mol. The number of likely N-dealkylation sites (tertiary alicyclic amines) is 2. The van der Waals surface area contributed by atoms with Crippen LogP contribution >= 0.6 is 0 Å². The summed E-state index contributed by atoms with van der Waals surface area (Å²) in [4.78, 5) is 17.1. The summed E-state index contributed by atoms with van der Waals surface area (Å²) in [7, 11) is 0. The number of nitrogens with zero attached hydrogens (tertiary/aromatic N) is 2. The van der Waals surface area contributed by atoms with Gasteiger partial charge in [-0.25, -0.2) is 0 Å². The summed E-state index contributed by atoms with van der Waals surface area (Å²) in [5, 5.41) is 0. The molecule has 0 radical (unpaired) electrons. The number of carbonyl (C=O) groups is 1. The van der Waals surface area contributed by atoms with Gasteiger partial charge in [-0.05, 0) is 38.3 Å². The molecule has 3 heteroatoms. The number of piperidine rings is 1. The fourth-order valence-corrected chi connectivity index (χ4v) is 3.93. The van der Waals surface area contributed by atoms with Gasteiger partial charge in [0.2, 0.25) is 5.91 Å². The molecule has 114 valence electrons. The Kier molecular flexibility index (Phi) is 4.03. The Bertz CT molecular complexity index is 518. The molecule has 2 aliphatic rings. The highest BCUT2D eigenvalue weighted by molar-refractivity contribution is 5.79. The molecule has 0 atom stereocenters. The zero-order chi connectivity index (χ0) is 14.9. The number of amides is 1. The highest BCUT2D eigenvalue weighted by Crippen LogP contribution is 2.40. The first-order valence-corrected chi connectivity index (χ1v) is 8.21. The third-order valence-corrected chi connectivity index (χ3v) is 5.34. The molecule has 0 bridgehead atoms. The number of rotatable bonds is 3. The lowest BCUT2D eigenvalue weighted by atomic mass is 9.84. The maximum absolute atomic E-state index is 12.4. The normalized spacial score (nSPS) is 22.2. The minimum absolute atomic E-state index is 0.131. The molecule has 2 saturated heterocycles. The Hall–Kier alpha value is -1.35. The SMILES string of the molecule is CCN1CCC2(CCC(=O)N2Cc2cccc(C)c2)CC1. The minimum atomic E-state index is 0.131. The summed E-state index contributed by atoms with van der Waals surface area (Å²) in [6.45, 7) is 8.52. The van der Waals surface area contributed by atoms with E-state index < -0.39 is 0 Å². The predicted molar refractivity (Wildman–Crippen MR) is 85.0 cm³/mol. The molecule has 1 amide bonds. The van der Waals surface area contributed by atoms with E-state index in [1.165, 1.54) is 11.1 Å². The molecule has 21 heavy (non-hydrogen) atoms. The Morgan fingerprint density at radius 2 is 1.95 bits per heavy atom. The molecule has 0 unspecified atom stereocenters. The Balaban J connectivity index is 1.77. The lowest BCUT2D eigenvalue weighted by Crippen LogP contribution is -2.52. The quantitative estimate of drug-likeness (QED) is 0.853. The summed E-state index contributed by atoms with van der Waals surface area (Å²) < 4.78 is 0. The minimum Gasteiger partial charge on any atom is -0.333 e. The average Bonchev–Trinajstić information content (AvgIpc) is 2.78. The summed E-state index contributed by atoms with van der Waals surface area (Å²) in [6.07, 6.45) is 4.06. The molecule has 0 aromatic heterocycles. The fourth-order valence-electron chi connectivity index (χ4n) is 3.93. The van der Waals surface area contributed by atoms with E-state index in [2.05, 4.69) is 47.9 Å². The number of benzene rings is 1. The molecule has 1 spiro atoms. The molecule has 3 nitrogen and oxygen atoms in total. The average molecular weight is 286 g/mol. The van der Waals surface area contributed by atoms with Gasteiger partial charge in [-0.2, -0.15) is 0 Å². The van der Waals surface area contributed by atoms with E-state index in [1.807, 2.05) is 0 Å². The second kappa shape index (κ2) is 5.80. The Morgan fingerprint density at radius 1 is 1.19 bits per heavy atom. The van der Waals surface area contributed by atoms with Crippen LogP contribution in [0.1, 0.15) is 43.7 Å². The van der Waals surface area contributed by atoms with Crippen LogP contribution in [-0.2, 0) is 11.3 Å². The third kappa shape index (κ3) is 2.84. The third-order valence-electron chi connectivity index (χ3n) is 5.34. The molecule has 1 aromatic carbocycles. The van der Waals surface area contributed by atoms with Crippen LogP contribution in [-0.4, -0.2) is 40.9 Å². The standard InChI is InChI=1S/C18H26N2O/c1-3-19-11-9-18(10-12-19)8-7-17(21)20(18)14-16-6-4-5-15(2)13-16/h4-6,13H,3,7-12,14H2,1-2H3. The smallest absolute Gasteiger partial charge is 0.223 e. The largest absolute Gasteiger partial charge is 0.333 e. The first-order valence-electron chi connectivity index (χ1n) is 8.21. The maximum Gasteiger partial charge on any atom is 0.223 e. The van der Waals surface area contributed by atoms with Gasteiger partial charge in [0.1, 0.15) is 0 Å². The van der Waals surface area contributed by atoms with Crippen molar-refractivity contribution in [2.45, 2.75) is 51.6 Å². The van der Waals surface area contributed by atoms with E-state index in [0.717, 1.165) is 51.9 Å². The summed E-state index contributed by atoms with van der Waals surface area (Å²) >= 11 is 0. The molecular formula is C18H26N2O. The van der Waals surface area contributed by atoms with Crippen molar-refractivity contribution in [1.82, 2.24) is 9.80 Å². The maximum atomic E-state index is 12.4. The van der Waals surface area contributed by atoms with Gasteiger partial charge in [-0.3, -0.25) is 4.79 Å². The van der Waals surface area contributed by atoms with Gasteiger partial charge in [0.05, 0.1) is 0 Å². The zero-order valence-electron chi connectivity index (χ0n) is 13.3. The van der Waals surface area contributed by atoms with Crippen LogP contribution in [0.4, 0.5) is 0 Å². The molecule has 2 fully saturated rings. The van der Waals surface area contributed by atoms with E-state index >= 15 is 0 Å². The molecule has 1 aromatic rings. The first-order chi connectivity index (χ1) is 10.1. The number of aryl methyl sites for hydroxylation is 1. The van der Waals surface area contributed by atoms with Crippen molar-refractivity contribution < 1.29 is 4.79 Å². The van der Waals surface area contributed by atoms with Crippen molar-refractivity contribution in [2.75, 3.05) is 19.6 Å². The van der Waals surface area contributed by atoms with Crippen LogP contribution in [0.15, 0.2) is 24.3 Å². The molecule has 2 aliphatic heterocycles. The summed E-state index contributed by atoms with van der Waals surface area (Å²) in [6, 6.07) is 8.57. The molecule has 0 aliphatic carbocycles. The van der Waals surface area contributed by atoms with Crippen LogP contribution in [0.5, 0.6) is 0 Å². The van der Waals surface area contributed by atoms with E-state index in [0.29, 0.717) is 5.91 Å². The molecular weight excluding hydrogens is 260 g/mol. The second-order valence-corrected chi connectivity index (χ2v) is 6.63. The van der Waals surface area contributed by atoms with Crippen molar-refractivity contribution in [3.63, 3.8) is 0 Å². The van der Waals surface area contributed by atoms with Gasteiger partial charge >= 0.3 is 0 Å². The second-order valence-electron chi connectivity index (χ2n) is 6.63.